The summed E-state index contributed by atoms with van der Waals surface area (Å²) in [7, 11) is 0. The second-order valence-electron chi connectivity index (χ2n) is 6.15. The Labute approximate surface area is 153 Å². The lowest BCUT2D eigenvalue weighted by Gasteiger charge is -2.34. The number of nitrogens with zero attached hydrogens (tertiary/aromatic N) is 2. The minimum absolute atomic E-state index is 0.00806. The standard InChI is InChI=1S/C19H17N3O3S/c23-17-12-14(13-4-1-2-5-15(13)20-17)18(24)21-7-9-22(10-8-21)19(25)16-6-3-11-26-16/h1-6,11-12H,7-10H2,(H,20,23). The van der Waals surface area contributed by atoms with Crippen LogP contribution in [-0.2, 0) is 0 Å². The summed E-state index contributed by atoms with van der Waals surface area (Å²) in [6.07, 6.45) is 0. The molecule has 0 saturated carbocycles. The molecule has 0 aliphatic carbocycles. The van der Waals surface area contributed by atoms with Crippen molar-refractivity contribution in [2.75, 3.05) is 26.2 Å². The molecule has 2 aromatic heterocycles. The van der Waals surface area contributed by atoms with E-state index in [4.69, 9.17) is 0 Å². The number of pyridine rings is 1. The predicted molar refractivity (Wildman–Crippen MR) is 101 cm³/mol. The van der Waals surface area contributed by atoms with Crippen molar-refractivity contribution in [3.05, 3.63) is 68.6 Å². The number of para-hydroxylation sites is 1. The van der Waals surface area contributed by atoms with Gasteiger partial charge in [-0.2, -0.15) is 0 Å². The fourth-order valence-corrected chi connectivity index (χ4v) is 3.91. The number of nitrogens with one attached hydrogen (secondary N) is 1. The molecular weight excluding hydrogens is 350 g/mol. The summed E-state index contributed by atoms with van der Waals surface area (Å²) in [5, 5.41) is 2.61. The Kier molecular flexibility index (Phi) is 4.30. The molecule has 0 atom stereocenters. The zero-order valence-electron chi connectivity index (χ0n) is 14.0. The van der Waals surface area contributed by atoms with Gasteiger partial charge in [0.25, 0.3) is 11.8 Å². The van der Waals surface area contributed by atoms with Crippen molar-refractivity contribution in [1.82, 2.24) is 14.8 Å². The van der Waals surface area contributed by atoms with Gasteiger partial charge in [-0.15, -0.1) is 11.3 Å². The maximum atomic E-state index is 12.9. The Hall–Kier alpha value is -2.93. The van der Waals surface area contributed by atoms with Crippen LogP contribution in [-0.4, -0.2) is 52.8 Å². The highest BCUT2D eigenvalue weighted by Crippen LogP contribution is 2.19. The average molecular weight is 367 g/mol. The first-order chi connectivity index (χ1) is 12.6. The van der Waals surface area contributed by atoms with Crippen molar-refractivity contribution in [3.63, 3.8) is 0 Å². The molecule has 0 unspecified atom stereocenters. The van der Waals surface area contributed by atoms with E-state index in [-0.39, 0.29) is 17.4 Å². The molecule has 1 saturated heterocycles. The lowest BCUT2D eigenvalue weighted by molar-refractivity contribution is 0.0539. The maximum absolute atomic E-state index is 12.9. The van der Waals surface area contributed by atoms with Crippen LogP contribution in [0, 0.1) is 0 Å². The molecule has 132 valence electrons. The number of carbonyl (C=O) groups excluding carboxylic acids is 2. The van der Waals surface area contributed by atoms with Gasteiger partial charge in [0.15, 0.2) is 0 Å². The van der Waals surface area contributed by atoms with Gasteiger partial charge in [-0.05, 0) is 17.5 Å². The largest absolute Gasteiger partial charge is 0.335 e. The fourth-order valence-electron chi connectivity index (χ4n) is 3.22. The first-order valence-corrected chi connectivity index (χ1v) is 9.25. The Balaban J connectivity index is 1.53. The van der Waals surface area contributed by atoms with Crippen LogP contribution in [0.4, 0.5) is 0 Å². The number of thiophene rings is 1. The van der Waals surface area contributed by atoms with Crippen LogP contribution in [0.2, 0.25) is 0 Å². The maximum Gasteiger partial charge on any atom is 0.264 e. The molecule has 1 aromatic carbocycles. The smallest absolute Gasteiger partial charge is 0.264 e. The summed E-state index contributed by atoms with van der Waals surface area (Å²) in [5.41, 5.74) is 0.760. The van der Waals surface area contributed by atoms with Crippen molar-refractivity contribution < 1.29 is 9.59 Å². The first-order valence-electron chi connectivity index (χ1n) is 8.37. The van der Waals surface area contributed by atoms with Gasteiger partial charge in [0.05, 0.1) is 10.4 Å². The highest BCUT2D eigenvalue weighted by Gasteiger charge is 2.26. The molecule has 1 aliphatic rings. The van der Waals surface area contributed by atoms with Gasteiger partial charge in [-0.25, -0.2) is 0 Å². The first kappa shape index (κ1) is 16.5. The number of hydrogen-bond acceptors (Lipinski definition) is 4. The zero-order chi connectivity index (χ0) is 18.1. The number of rotatable bonds is 2. The molecule has 0 spiro atoms. The van der Waals surface area contributed by atoms with Crippen LogP contribution in [0.1, 0.15) is 20.0 Å². The van der Waals surface area contributed by atoms with E-state index in [2.05, 4.69) is 4.98 Å². The van der Waals surface area contributed by atoms with Crippen molar-refractivity contribution >= 4 is 34.1 Å². The molecule has 4 rings (SSSR count). The quantitative estimate of drug-likeness (QED) is 0.755. The fraction of sp³-hybridized carbons (Fsp3) is 0.211. The van der Waals surface area contributed by atoms with E-state index in [1.807, 2.05) is 35.7 Å². The number of carbonyl (C=O) groups is 2. The van der Waals surface area contributed by atoms with Gasteiger partial charge >= 0.3 is 0 Å². The number of piperazine rings is 1. The minimum Gasteiger partial charge on any atom is -0.335 e. The summed E-state index contributed by atoms with van der Waals surface area (Å²) >= 11 is 1.42. The van der Waals surface area contributed by atoms with E-state index in [0.29, 0.717) is 42.1 Å². The minimum atomic E-state index is -0.293. The van der Waals surface area contributed by atoms with Gasteiger partial charge in [0.2, 0.25) is 5.56 Å². The van der Waals surface area contributed by atoms with Crippen LogP contribution in [0.25, 0.3) is 10.9 Å². The summed E-state index contributed by atoms with van der Waals surface area (Å²) < 4.78 is 0. The predicted octanol–water partition coefficient (Wildman–Crippen LogP) is 2.19. The SMILES string of the molecule is O=C(c1cccs1)N1CCN(C(=O)c2cc(=O)[nH]c3ccccc23)CC1. The van der Waals surface area contributed by atoms with E-state index < -0.39 is 0 Å². The number of aromatic amines is 1. The Morgan fingerprint density at radius 1 is 0.923 bits per heavy atom. The number of benzene rings is 1. The van der Waals surface area contributed by atoms with Gasteiger partial charge < -0.3 is 14.8 Å². The normalized spacial score (nSPS) is 14.6. The van der Waals surface area contributed by atoms with Gasteiger partial charge in [0.1, 0.15) is 0 Å². The lowest BCUT2D eigenvalue weighted by atomic mass is 10.1. The molecule has 6 nitrogen and oxygen atoms in total. The van der Waals surface area contributed by atoms with Crippen LogP contribution in [0.15, 0.2) is 52.6 Å². The number of H-pyrrole nitrogens is 1. The molecule has 1 aliphatic heterocycles. The summed E-state index contributed by atoms with van der Waals surface area (Å²) in [6.45, 7) is 1.89. The topological polar surface area (TPSA) is 73.5 Å². The Bertz CT molecular complexity index is 1020. The molecule has 3 aromatic rings. The van der Waals surface area contributed by atoms with E-state index >= 15 is 0 Å². The third-order valence-electron chi connectivity index (χ3n) is 4.57. The van der Waals surface area contributed by atoms with Crippen LogP contribution in [0.3, 0.4) is 0 Å². The van der Waals surface area contributed by atoms with Crippen LogP contribution < -0.4 is 5.56 Å². The van der Waals surface area contributed by atoms with Crippen molar-refractivity contribution in [2.24, 2.45) is 0 Å². The second-order valence-corrected chi connectivity index (χ2v) is 7.10. The van der Waals surface area contributed by atoms with E-state index in [1.54, 1.807) is 15.9 Å². The second kappa shape index (κ2) is 6.76. The molecule has 0 radical (unpaired) electrons. The van der Waals surface area contributed by atoms with E-state index in [1.165, 1.54) is 17.4 Å². The summed E-state index contributed by atoms with van der Waals surface area (Å²) in [6, 6.07) is 12.3. The summed E-state index contributed by atoms with van der Waals surface area (Å²) in [4.78, 5) is 44.2. The van der Waals surface area contributed by atoms with E-state index in [9.17, 15) is 14.4 Å². The molecule has 2 amide bonds. The van der Waals surface area contributed by atoms with Crippen molar-refractivity contribution in [2.45, 2.75) is 0 Å². The monoisotopic (exact) mass is 367 g/mol. The number of amides is 2. The number of hydrogen-bond donors (Lipinski definition) is 1. The molecule has 1 N–H and O–H groups in total. The average Bonchev–Trinajstić information content (AvgIpc) is 3.21. The number of aromatic nitrogens is 1. The Morgan fingerprint density at radius 3 is 2.31 bits per heavy atom. The van der Waals surface area contributed by atoms with E-state index in [0.717, 1.165) is 5.39 Å². The molecule has 7 heteroatoms. The molecule has 1 fully saturated rings. The van der Waals surface area contributed by atoms with Crippen LogP contribution in [0.5, 0.6) is 0 Å². The molecular formula is C19H17N3O3S. The van der Waals surface area contributed by atoms with Crippen LogP contribution >= 0.6 is 11.3 Å². The third kappa shape index (κ3) is 3.01. The molecule has 3 heterocycles. The van der Waals surface area contributed by atoms with Gasteiger partial charge in [0, 0.05) is 43.1 Å². The van der Waals surface area contributed by atoms with Gasteiger partial charge in [-0.1, -0.05) is 24.3 Å². The molecule has 0 bridgehead atoms. The van der Waals surface area contributed by atoms with Crippen molar-refractivity contribution in [3.8, 4) is 0 Å². The highest BCUT2D eigenvalue weighted by atomic mass is 32.1. The number of fused-ring (bicyclic) bond motifs is 1. The lowest BCUT2D eigenvalue weighted by Crippen LogP contribution is -2.50. The summed E-state index contributed by atoms with van der Waals surface area (Å²) in [5.74, 6) is -0.163. The zero-order valence-corrected chi connectivity index (χ0v) is 14.8. The Morgan fingerprint density at radius 2 is 1.62 bits per heavy atom. The van der Waals surface area contributed by atoms with Gasteiger partial charge in [-0.3, -0.25) is 14.4 Å². The third-order valence-corrected chi connectivity index (χ3v) is 5.42. The van der Waals surface area contributed by atoms with Crippen molar-refractivity contribution in [1.29, 1.82) is 0 Å². The molecule has 26 heavy (non-hydrogen) atoms. The highest BCUT2D eigenvalue weighted by molar-refractivity contribution is 7.12.